The van der Waals surface area contributed by atoms with Crippen LogP contribution in [0.5, 0.6) is 0 Å². The van der Waals surface area contributed by atoms with Crippen LogP contribution in [0.4, 0.5) is 0 Å². The minimum Gasteiger partial charge on any atom is -0.260 e. The molecular weight excluding hydrogens is 170 g/mol. The van der Waals surface area contributed by atoms with Gasteiger partial charge < -0.3 is 0 Å². The topological polar surface area (TPSA) is 12.9 Å². The lowest BCUT2D eigenvalue weighted by molar-refractivity contribution is 0.566. The first kappa shape index (κ1) is 11.2. The molecule has 0 fully saturated rings. The summed E-state index contributed by atoms with van der Waals surface area (Å²) in [4.78, 5) is 4.49. The van der Waals surface area contributed by atoms with Crippen molar-refractivity contribution in [1.29, 1.82) is 0 Å². The van der Waals surface area contributed by atoms with Crippen LogP contribution in [-0.2, 0) is 5.41 Å². The van der Waals surface area contributed by atoms with Crippen LogP contribution in [0, 0.1) is 6.92 Å². The molecule has 0 aliphatic carbocycles. The Hall–Kier alpha value is -0.850. The third-order valence-corrected chi connectivity index (χ3v) is 2.54. The molecule has 0 N–H and O–H groups in total. The normalized spacial score (nSPS) is 12.2. The molecule has 1 aromatic heterocycles. The fourth-order valence-electron chi connectivity index (χ4n) is 1.57. The summed E-state index contributed by atoms with van der Waals surface area (Å²) in [6.45, 7) is 13.2. The summed E-state index contributed by atoms with van der Waals surface area (Å²) >= 11 is 0. The van der Waals surface area contributed by atoms with E-state index in [-0.39, 0.29) is 5.41 Å². The molecule has 0 bridgehead atoms. The molecule has 1 nitrogen and oxygen atoms in total. The maximum Gasteiger partial charge on any atom is 0.0460 e. The lowest BCUT2D eigenvalue weighted by Crippen LogP contribution is -2.14. The van der Waals surface area contributed by atoms with E-state index in [1.807, 2.05) is 6.20 Å². The predicted molar refractivity (Wildman–Crippen MR) is 61.8 cm³/mol. The standard InChI is InChI=1S/C13H21N/c1-9(2)11-7-12(13(4,5)6)14-8-10(11)3/h7-9H,1-6H3. The van der Waals surface area contributed by atoms with Crippen LogP contribution in [0.2, 0.25) is 0 Å². The van der Waals surface area contributed by atoms with E-state index in [2.05, 4.69) is 52.6 Å². The van der Waals surface area contributed by atoms with Gasteiger partial charge in [-0.2, -0.15) is 0 Å². The number of hydrogen-bond acceptors (Lipinski definition) is 1. The molecule has 1 aromatic rings. The third-order valence-electron chi connectivity index (χ3n) is 2.54. The monoisotopic (exact) mass is 191 g/mol. The zero-order chi connectivity index (χ0) is 10.9. The van der Waals surface area contributed by atoms with Gasteiger partial charge in [0, 0.05) is 17.3 Å². The molecular formula is C13H21N. The maximum atomic E-state index is 4.49. The predicted octanol–water partition coefficient (Wildman–Crippen LogP) is 3.81. The molecule has 0 unspecified atom stereocenters. The molecule has 1 heterocycles. The van der Waals surface area contributed by atoms with Gasteiger partial charge in [0.15, 0.2) is 0 Å². The van der Waals surface area contributed by atoms with E-state index in [4.69, 9.17) is 0 Å². The van der Waals surface area contributed by atoms with Crippen LogP contribution in [0.3, 0.4) is 0 Å². The summed E-state index contributed by atoms with van der Waals surface area (Å²) < 4.78 is 0. The molecule has 0 aliphatic rings. The maximum absolute atomic E-state index is 4.49. The van der Waals surface area contributed by atoms with E-state index < -0.39 is 0 Å². The van der Waals surface area contributed by atoms with Crippen molar-refractivity contribution in [2.45, 2.75) is 52.9 Å². The van der Waals surface area contributed by atoms with Crippen molar-refractivity contribution in [3.8, 4) is 0 Å². The van der Waals surface area contributed by atoms with E-state index >= 15 is 0 Å². The van der Waals surface area contributed by atoms with Gasteiger partial charge in [-0.25, -0.2) is 0 Å². The van der Waals surface area contributed by atoms with Gasteiger partial charge in [-0.15, -0.1) is 0 Å². The smallest absolute Gasteiger partial charge is 0.0460 e. The van der Waals surface area contributed by atoms with E-state index in [1.54, 1.807) is 0 Å². The second-order valence-corrected chi connectivity index (χ2v) is 5.33. The first-order valence-corrected chi connectivity index (χ1v) is 5.29. The molecule has 0 spiro atoms. The first-order valence-electron chi connectivity index (χ1n) is 5.29. The van der Waals surface area contributed by atoms with Gasteiger partial charge in [0.2, 0.25) is 0 Å². The van der Waals surface area contributed by atoms with Crippen molar-refractivity contribution in [2.24, 2.45) is 0 Å². The average molecular weight is 191 g/mol. The highest BCUT2D eigenvalue weighted by Gasteiger charge is 2.17. The summed E-state index contributed by atoms with van der Waals surface area (Å²) in [6.07, 6.45) is 2.00. The molecule has 0 atom stereocenters. The molecule has 0 saturated heterocycles. The van der Waals surface area contributed by atoms with Gasteiger partial charge in [0.1, 0.15) is 0 Å². The lowest BCUT2D eigenvalue weighted by Gasteiger charge is -2.20. The summed E-state index contributed by atoms with van der Waals surface area (Å²) in [5.74, 6) is 0.582. The van der Waals surface area contributed by atoms with Crippen molar-refractivity contribution < 1.29 is 0 Å². The summed E-state index contributed by atoms with van der Waals surface area (Å²) in [7, 11) is 0. The van der Waals surface area contributed by atoms with Gasteiger partial charge in [-0.05, 0) is 30.0 Å². The minimum atomic E-state index is 0.150. The fraction of sp³-hybridized carbons (Fsp3) is 0.615. The number of aromatic nitrogens is 1. The molecule has 1 rings (SSSR count). The summed E-state index contributed by atoms with van der Waals surface area (Å²) in [6, 6.07) is 2.25. The molecule has 0 aliphatic heterocycles. The molecule has 0 amide bonds. The van der Waals surface area contributed by atoms with Crippen LogP contribution in [0.15, 0.2) is 12.3 Å². The van der Waals surface area contributed by atoms with E-state index in [9.17, 15) is 0 Å². The number of pyridine rings is 1. The number of rotatable bonds is 1. The molecule has 0 radical (unpaired) electrons. The zero-order valence-corrected chi connectivity index (χ0v) is 10.2. The van der Waals surface area contributed by atoms with Crippen molar-refractivity contribution >= 4 is 0 Å². The highest BCUT2D eigenvalue weighted by Crippen LogP contribution is 2.25. The summed E-state index contributed by atoms with van der Waals surface area (Å²) in [5, 5.41) is 0. The molecule has 78 valence electrons. The van der Waals surface area contributed by atoms with Crippen LogP contribution >= 0.6 is 0 Å². The number of nitrogens with zero attached hydrogens (tertiary/aromatic N) is 1. The highest BCUT2D eigenvalue weighted by atomic mass is 14.7. The third kappa shape index (κ3) is 2.34. The van der Waals surface area contributed by atoms with E-state index in [0.717, 1.165) is 0 Å². The molecule has 0 aromatic carbocycles. The Morgan fingerprint density at radius 3 is 2.21 bits per heavy atom. The van der Waals surface area contributed by atoms with Crippen LogP contribution in [0.1, 0.15) is 57.4 Å². The Kier molecular flexibility index (Phi) is 2.98. The Labute approximate surface area is 87.6 Å². The summed E-state index contributed by atoms with van der Waals surface area (Å²) in [5.41, 5.74) is 4.06. The van der Waals surface area contributed by atoms with Crippen molar-refractivity contribution in [3.05, 3.63) is 29.1 Å². The van der Waals surface area contributed by atoms with Crippen molar-refractivity contribution in [1.82, 2.24) is 4.98 Å². The fourth-order valence-corrected chi connectivity index (χ4v) is 1.57. The number of aryl methyl sites for hydroxylation is 1. The van der Waals surface area contributed by atoms with Crippen LogP contribution in [-0.4, -0.2) is 4.98 Å². The molecule has 14 heavy (non-hydrogen) atoms. The average Bonchev–Trinajstić information content (AvgIpc) is 2.02. The first-order chi connectivity index (χ1) is 6.32. The van der Waals surface area contributed by atoms with Gasteiger partial charge >= 0.3 is 0 Å². The van der Waals surface area contributed by atoms with Crippen LogP contribution in [0.25, 0.3) is 0 Å². The molecule has 0 saturated carbocycles. The largest absolute Gasteiger partial charge is 0.260 e. The Balaban J connectivity index is 3.20. The zero-order valence-electron chi connectivity index (χ0n) is 10.2. The Morgan fingerprint density at radius 1 is 1.21 bits per heavy atom. The van der Waals surface area contributed by atoms with Crippen molar-refractivity contribution in [2.75, 3.05) is 0 Å². The second kappa shape index (κ2) is 3.72. The minimum absolute atomic E-state index is 0.150. The number of hydrogen-bond donors (Lipinski definition) is 0. The highest BCUT2D eigenvalue weighted by molar-refractivity contribution is 5.30. The van der Waals surface area contributed by atoms with Crippen molar-refractivity contribution in [3.63, 3.8) is 0 Å². The van der Waals surface area contributed by atoms with E-state index in [0.29, 0.717) is 5.92 Å². The Bertz CT molecular complexity index is 318. The second-order valence-electron chi connectivity index (χ2n) is 5.33. The SMILES string of the molecule is Cc1cnc(C(C)(C)C)cc1C(C)C. The quantitative estimate of drug-likeness (QED) is 0.657. The Morgan fingerprint density at radius 2 is 1.79 bits per heavy atom. The lowest BCUT2D eigenvalue weighted by atomic mass is 9.88. The van der Waals surface area contributed by atoms with Gasteiger partial charge in [-0.1, -0.05) is 34.6 Å². The van der Waals surface area contributed by atoms with Gasteiger partial charge in [0.25, 0.3) is 0 Å². The van der Waals surface area contributed by atoms with Gasteiger partial charge in [0.05, 0.1) is 0 Å². The van der Waals surface area contributed by atoms with E-state index in [1.165, 1.54) is 16.8 Å². The van der Waals surface area contributed by atoms with Gasteiger partial charge in [-0.3, -0.25) is 4.98 Å². The molecule has 1 heteroatoms. The van der Waals surface area contributed by atoms with Crippen LogP contribution < -0.4 is 0 Å².